The molecule has 0 unspecified atom stereocenters. The third kappa shape index (κ3) is 3.07. The number of hydrogen-bond donors (Lipinski definition) is 1. The Hall–Kier alpha value is -0.410. The van der Waals surface area contributed by atoms with Crippen molar-refractivity contribution in [2.75, 3.05) is 6.61 Å². The predicted octanol–water partition coefficient (Wildman–Crippen LogP) is 3.15. The van der Waals surface area contributed by atoms with Crippen molar-refractivity contribution in [3.8, 4) is 0 Å². The minimum absolute atomic E-state index is 0.0932. The van der Waals surface area contributed by atoms with Crippen molar-refractivity contribution in [1.29, 1.82) is 0 Å². The van der Waals surface area contributed by atoms with E-state index in [9.17, 15) is 4.39 Å². The van der Waals surface area contributed by atoms with Crippen LogP contribution in [0.5, 0.6) is 0 Å². The molecule has 0 atom stereocenters. The fourth-order valence-electron chi connectivity index (χ4n) is 1.25. The molecule has 1 aromatic rings. The van der Waals surface area contributed by atoms with Gasteiger partial charge in [0, 0.05) is 11.1 Å². The third-order valence-electron chi connectivity index (χ3n) is 2.10. The zero-order chi connectivity index (χ0) is 10.8. The molecule has 0 aromatic heterocycles. The van der Waals surface area contributed by atoms with E-state index in [1.54, 1.807) is 6.07 Å². The summed E-state index contributed by atoms with van der Waals surface area (Å²) in [5.74, 6) is -0.239. The molecule has 1 aromatic carbocycles. The summed E-state index contributed by atoms with van der Waals surface area (Å²) in [5.41, 5.74) is 0.681. The van der Waals surface area contributed by atoms with Crippen molar-refractivity contribution in [2.45, 2.75) is 20.3 Å². The van der Waals surface area contributed by atoms with Crippen LogP contribution in [0.1, 0.15) is 19.4 Å². The molecule has 0 spiro atoms. The van der Waals surface area contributed by atoms with Gasteiger partial charge in [-0.25, -0.2) is 4.39 Å². The van der Waals surface area contributed by atoms with E-state index in [1.165, 1.54) is 12.1 Å². The normalized spacial score (nSPS) is 11.8. The van der Waals surface area contributed by atoms with E-state index < -0.39 is 0 Å². The molecule has 0 aliphatic carbocycles. The van der Waals surface area contributed by atoms with Gasteiger partial charge in [0.15, 0.2) is 0 Å². The standard InChI is InChI=1S/C11H14BrFO/c1-11(2,7-14)6-8-5-9(13)3-4-10(8)12/h3-5,14H,6-7H2,1-2H3. The molecule has 0 saturated heterocycles. The lowest BCUT2D eigenvalue weighted by Gasteiger charge is -2.22. The molecular weight excluding hydrogens is 247 g/mol. The molecule has 0 amide bonds. The fourth-order valence-corrected chi connectivity index (χ4v) is 1.64. The molecule has 78 valence electrons. The van der Waals surface area contributed by atoms with Gasteiger partial charge in [0.25, 0.3) is 0 Å². The lowest BCUT2D eigenvalue weighted by molar-refractivity contribution is 0.159. The first-order valence-corrected chi connectivity index (χ1v) is 5.29. The van der Waals surface area contributed by atoms with Gasteiger partial charge in [0.05, 0.1) is 0 Å². The Bertz CT molecular complexity index is 323. The van der Waals surface area contributed by atoms with Gasteiger partial charge >= 0.3 is 0 Å². The first-order valence-electron chi connectivity index (χ1n) is 4.49. The molecule has 0 radical (unpaired) electrons. The molecule has 1 N–H and O–H groups in total. The van der Waals surface area contributed by atoms with Crippen LogP contribution in [0, 0.1) is 11.2 Å². The summed E-state index contributed by atoms with van der Waals surface area (Å²) in [4.78, 5) is 0. The number of benzene rings is 1. The van der Waals surface area contributed by atoms with Gasteiger partial charge in [-0.3, -0.25) is 0 Å². The van der Waals surface area contributed by atoms with Gasteiger partial charge in [0.2, 0.25) is 0 Å². The Labute approximate surface area is 92.1 Å². The summed E-state index contributed by atoms with van der Waals surface area (Å²) in [7, 11) is 0. The van der Waals surface area contributed by atoms with Gasteiger partial charge in [-0.1, -0.05) is 29.8 Å². The van der Waals surface area contributed by atoms with Gasteiger partial charge in [-0.2, -0.15) is 0 Å². The number of hydrogen-bond acceptors (Lipinski definition) is 1. The summed E-state index contributed by atoms with van der Waals surface area (Å²) >= 11 is 3.36. The molecule has 3 heteroatoms. The Morgan fingerprint density at radius 2 is 2.07 bits per heavy atom. The highest BCUT2D eigenvalue weighted by Gasteiger charge is 2.18. The van der Waals surface area contributed by atoms with E-state index in [2.05, 4.69) is 15.9 Å². The van der Waals surface area contributed by atoms with Crippen molar-refractivity contribution in [3.63, 3.8) is 0 Å². The number of rotatable bonds is 3. The molecule has 0 aliphatic heterocycles. The van der Waals surface area contributed by atoms with Crippen LogP contribution >= 0.6 is 15.9 Å². The van der Waals surface area contributed by atoms with Crippen molar-refractivity contribution >= 4 is 15.9 Å². The largest absolute Gasteiger partial charge is 0.396 e. The van der Waals surface area contributed by atoms with Crippen LogP contribution in [-0.4, -0.2) is 11.7 Å². The second-order valence-corrected chi connectivity index (χ2v) is 5.09. The fraction of sp³-hybridized carbons (Fsp3) is 0.455. The van der Waals surface area contributed by atoms with Gasteiger partial charge in [-0.15, -0.1) is 0 Å². The number of halogens is 2. The highest BCUT2D eigenvalue weighted by atomic mass is 79.9. The molecule has 1 nitrogen and oxygen atoms in total. The van der Waals surface area contributed by atoms with E-state index in [0.29, 0.717) is 6.42 Å². The van der Waals surface area contributed by atoms with Crippen molar-refractivity contribution in [1.82, 2.24) is 0 Å². The second kappa shape index (κ2) is 4.41. The molecule has 0 bridgehead atoms. The second-order valence-electron chi connectivity index (χ2n) is 4.23. The summed E-state index contributed by atoms with van der Waals surface area (Å²) in [6.45, 7) is 3.99. The van der Waals surface area contributed by atoms with Crippen LogP contribution < -0.4 is 0 Å². The number of aliphatic hydroxyl groups excluding tert-OH is 1. The minimum atomic E-state index is -0.239. The molecule has 1 rings (SSSR count). The molecule has 0 saturated carbocycles. The zero-order valence-electron chi connectivity index (χ0n) is 8.35. The summed E-state index contributed by atoms with van der Waals surface area (Å²) in [6.07, 6.45) is 0.655. The monoisotopic (exact) mass is 260 g/mol. The van der Waals surface area contributed by atoms with Gasteiger partial charge in [-0.05, 0) is 35.6 Å². The quantitative estimate of drug-likeness (QED) is 0.886. The lowest BCUT2D eigenvalue weighted by atomic mass is 9.87. The van der Waals surface area contributed by atoms with E-state index in [4.69, 9.17) is 5.11 Å². The lowest BCUT2D eigenvalue weighted by Crippen LogP contribution is -2.20. The van der Waals surface area contributed by atoms with E-state index in [1.807, 2.05) is 13.8 Å². The maximum absolute atomic E-state index is 12.9. The molecule has 0 aliphatic rings. The Morgan fingerprint density at radius 1 is 1.43 bits per heavy atom. The molecule has 14 heavy (non-hydrogen) atoms. The van der Waals surface area contributed by atoms with Crippen molar-refractivity contribution in [3.05, 3.63) is 34.1 Å². The summed E-state index contributed by atoms with van der Waals surface area (Å²) in [6, 6.07) is 4.61. The average molecular weight is 261 g/mol. The molecular formula is C11H14BrFO. The Kier molecular flexibility index (Phi) is 3.67. The Balaban J connectivity index is 2.91. The third-order valence-corrected chi connectivity index (χ3v) is 2.88. The van der Waals surface area contributed by atoms with Crippen LogP contribution in [-0.2, 0) is 6.42 Å². The first kappa shape index (κ1) is 11.7. The highest BCUT2D eigenvalue weighted by molar-refractivity contribution is 9.10. The van der Waals surface area contributed by atoms with Crippen molar-refractivity contribution in [2.24, 2.45) is 5.41 Å². The highest BCUT2D eigenvalue weighted by Crippen LogP contribution is 2.26. The van der Waals surface area contributed by atoms with Crippen LogP contribution in [0.4, 0.5) is 4.39 Å². The molecule has 0 heterocycles. The smallest absolute Gasteiger partial charge is 0.123 e. The van der Waals surface area contributed by atoms with Gasteiger partial charge < -0.3 is 5.11 Å². The van der Waals surface area contributed by atoms with Crippen LogP contribution in [0.2, 0.25) is 0 Å². The number of aliphatic hydroxyl groups is 1. The average Bonchev–Trinajstić information content (AvgIpc) is 2.11. The van der Waals surface area contributed by atoms with Crippen LogP contribution in [0.15, 0.2) is 22.7 Å². The van der Waals surface area contributed by atoms with E-state index in [-0.39, 0.29) is 17.8 Å². The summed E-state index contributed by atoms with van der Waals surface area (Å²) < 4.78 is 13.8. The van der Waals surface area contributed by atoms with Crippen LogP contribution in [0.3, 0.4) is 0 Å². The minimum Gasteiger partial charge on any atom is -0.396 e. The van der Waals surface area contributed by atoms with Crippen molar-refractivity contribution < 1.29 is 9.50 Å². The maximum Gasteiger partial charge on any atom is 0.123 e. The SMILES string of the molecule is CC(C)(CO)Cc1cc(F)ccc1Br. The Morgan fingerprint density at radius 3 is 2.64 bits per heavy atom. The summed E-state index contributed by atoms with van der Waals surface area (Å²) in [5, 5.41) is 9.11. The predicted molar refractivity (Wildman–Crippen MR) is 58.7 cm³/mol. The van der Waals surface area contributed by atoms with E-state index in [0.717, 1.165) is 10.0 Å². The topological polar surface area (TPSA) is 20.2 Å². The maximum atomic E-state index is 12.9. The van der Waals surface area contributed by atoms with Gasteiger partial charge in [0.1, 0.15) is 5.82 Å². The zero-order valence-corrected chi connectivity index (χ0v) is 9.94. The van der Waals surface area contributed by atoms with Crippen LogP contribution in [0.25, 0.3) is 0 Å². The van der Waals surface area contributed by atoms with E-state index >= 15 is 0 Å². The molecule has 0 fully saturated rings. The first-order chi connectivity index (χ1) is 6.44.